The Kier molecular flexibility index (Phi) is 6.17. The molecule has 9 nitrogen and oxygen atoms in total. The number of nitrogens with zero attached hydrogens (tertiary/aromatic N) is 6. The Labute approximate surface area is 184 Å². The second-order valence-corrected chi connectivity index (χ2v) is 8.44. The van der Waals surface area contributed by atoms with E-state index in [1.165, 1.54) is 35.9 Å². The zero-order valence-electron chi connectivity index (χ0n) is 17.9. The van der Waals surface area contributed by atoms with Crippen molar-refractivity contribution in [2.45, 2.75) is 30.2 Å². The maximum absolute atomic E-state index is 12.3. The van der Waals surface area contributed by atoms with Gasteiger partial charge in [-0.1, -0.05) is 23.9 Å². The van der Waals surface area contributed by atoms with Crippen LogP contribution in [0.4, 0.5) is 5.95 Å². The maximum Gasteiger partial charge on any atom is 0.330 e. The number of hydrogen-bond acceptors (Lipinski definition) is 7. The zero-order valence-corrected chi connectivity index (χ0v) is 18.8. The Morgan fingerprint density at radius 2 is 1.77 bits per heavy atom. The van der Waals surface area contributed by atoms with Crippen LogP contribution >= 0.6 is 11.8 Å². The Morgan fingerprint density at radius 3 is 2.52 bits per heavy atom. The summed E-state index contributed by atoms with van der Waals surface area (Å²) in [6.45, 7) is 1.86. The van der Waals surface area contributed by atoms with E-state index in [4.69, 9.17) is 4.74 Å². The minimum atomic E-state index is -0.344. The lowest BCUT2D eigenvalue weighted by Crippen LogP contribution is -2.37. The lowest BCUT2D eigenvalue weighted by atomic mass is 10.1. The van der Waals surface area contributed by atoms with Gasteiger partial charge in [0.15, 0.2) is 5.16 Å². The summed E-state index contributed by atoms with van der Waals surface area (Å²) in [5.41, 5.74) is 0.824. The number of benzene rings is 1. The molecule has 0 spiro atoms. The van der Waals surface area contributed by atoms with E-state index in [2.05, 4.69) is 15.1 Å². The van der Waals surface area contributed by atoms with Crippen LogP contribution < -0.4 is 20.9 Å². The van der Waals surface area contributed by atoms with Crippen LogP contribution in [0.5, 0.6) is 5.75 Å². The highest BCUT2D eigenvalue weighted by molar-refractivity contribution is 7.98. The van der Waals surface area contributed by atoms with Crippen LogP contribution in [0, 0.1) is 0 Å². The molecule has 3 heterocycles. The Balaban J connectivity index is 1.74. The van der Waals surface area contributed by atoms with Gasteiger partial charge in [-0.05, 0) is 31.4 Å². The number of anilines is 1. The number of aromatic nitrogens is 5. The van der Waals surface area contributed by atoms with Gasteiger partial charge in [0.25, 0.3) is 5.56 Å². The van der Waals surface area contributed by atoms with Gasteiger partial charge in [-0.15, -0.1) is 10.2 Å². The van der Waals surface area contributed by atoms with Crippen molar-refractivity contribution in [1.82, 2.24) is 23.9 Å². The van der Waals surface area contributed by atoms with Gasteiger partial charge in [-0.2, -0.15) is 0 Å². The lowest BCUT2D eigenvalue weighted by Gasteiger charge is -2.28. The first-order valence-electron chi connectivity index (χ1n) is 10.2. The van der Waals surface area contributed by atoms with E-state index in [1.807, 2.05) is 28.8 Å². The van der Waals surface area contributed by atoms with Crippen molar-refractivity contribution in [3.8, 4) is 11.4 Å². The third-order valence-electron chi connectivity index (χ3n) is 5.56. The smallest absolute Gasteiger partial charge is 0.330 e. The monoisotopic (exact) mass is 442 g/mol. The van der Waals surface area contributed by atoms with Crippen molar-refractivity contribution in [3.63, 3.8) is 0 Å². The van der Waals surface area contributed by atoms with E-state index in [-0.39, 0.29) is 11.2 Å². The van der Waals surface area contributed by atoms with Crippen molar-refractivity contribution in [1.29, 1.82) is 0 Å². The minimum Gasteiger partial charge on any atom is -0.495 e. The molecular weight excluding hydrogens is 416 g/mol. The molecule has 0 aliphatic carbocycles. The number of ether oxygens (including phenoxy) is 1. The van der Waals surface area contributed by atoms with Crippen LogP contribution in [-0.2, 0) is 19.8 Å². The molecule has 0 unspecified atom stereocenters. The van der Waals surface area contributed by atoms with E-state index in [0.717, 1.165) is 47.9 Å². The predicted molar refractivity (Wildman–Crippen MR) is 120 cm³/mol. The zero-order chi connectivity index (χ0) is 22.0. The van der Waals surface area contributed by atoms with Crippen molar-refractivity contribution in [2.75, 3.05) is 25.1 Å². The average molecular weight is 443 g/mol. The number of para-hydroxylation sites is 2. The number of rotatable bonds is 6. The summed E-state index contributed by atoms with van der Waals surface area (Å²) in [4.78, 5) is 26.6. The van der Waals surface area contributed by atoms with Crippen LogP contribution in [0.15, 0.2) is 45.1 Å². The van der Waals surface area contributed by atoms with Gasteiger partial charge in [-0.3, -0.25) is 18.5 Å². The summed E-state index contributed by atoms with van der Waals surface area (Å²) in [5, 5.41) is 9.64. The summed E-state index contributed by atoms with van der Waals surface area (Å²) in [5.74, 6) is 1.92. The summed E-state index contributed by atoms with van der Waals surface area (Å²) < 4.78 is 10.2. The van der Waals surface area contributed by atoms with E-state index < -0.39 is 0 Å². The normalized spacial score (nSPS) is 14.1. The molecule has 1 aliphatic rings. The van der Waals surface area contributed by atoms with Gasteiger partial charge in [0.2, 0.25) is 5.95 Å². The topological polar surface area (TPSA) is 87.2 Å². The van der Waals surface area contributed by atoms with E-state index in [0.29, 0.717) is 16.6 Å². The molecular formula is C21H26N6O3S. The highest BCUT2D eigenvalue weighted by Crippen LogP contribution is 2.33. The highest BCUT2D eigenvalue weighted by Gasteiger charge is 2.23. The first kappa shape index (κ1) is 21.2. The fourth-order valence-electron chi connectivity index (χ4n) is 3.74. The van der Waals surface area contributed by atoms with Gasteiger partial charge in [0, 0.05) is 44.7 Å². The van der Waals surface area contributed by atoms with Gasteiger partial charge < -0.3 is 9.64 Å². The highest BCUT2D eigenvalue weighted by atomic mass is 32.2. The number of methoxy groups -OCH3 is 1. The number of hydrogen-bond donors (Lipinski definition) is 0. The van der Waals surface area contributed by atoms with Crippen LogP contribution in [0.1, 0.15) is 25.0 Å². The quantitative estimate of drug-likeness (QED) is 0.539. The summed E-state index contributed by atoms with van der Waals surface area (Å²) in [6, 6.07) is 9.26. The molecule has 3 aromatic rings. The molecule has 0 saturated carbocycles. The molecule has 0 atom stereocenters. The third-order valence-corrected chi connectivity index (χ3v) is 6.52. The molecule has 31 heavy (non-hydrogen) atoms. The Morgan fingerprint density at radius 1 is 1.03 bits per heavy atom. The van der Waals surface area contributed by atoms with Gasteiger partial charge in [-0.25, -0.2) is 4.79 Å². The Hall–Kier alpha value is -3.01. The third kappa shape index (κ3) is 4.12. The molecule has 164 valence electrons. The first-order chi connectivity index (χ1) is 15.0. The van der Waals surface area contributed by atoms with Crippen molar-refractivity contribution in [2.24, 2.45) is 14.1 Å². The first-order valence-corrected chi connectivity index (χ1v) is 11.2. The molecule has 10 heteroatoms. The number of thioether (sulfide) groups is 1. The Bertz CT molecular complexity index is 1190. The van der Waals surface area contributed by atoms with Crippen LogP contribution in [-0.4, -0.2) is 44.1 Å². The van der Waals surface area contributed by atoms with E-state index >= 15 is 0 Å². The fourth-order valence-corrected chi connectivity index (χ4v) is 4.70. The average Bonchev–Trinajstić information content (AvgIpc) is 3.23. The van der Waals surface area contributed by atoms with Crippen LogP contribution in [0.3, 0.4) is 0 Å². The molecule has 0 N–H and O–H groups in total. The second kappa shape index (κ2) is 9.01. The summed E-state index contributed by atoms with van der Waals surface area (Å²) >= 11 is 1.44. The molecule has 0 bridgehead atoms. The van der Waals surface area contributed by atoms with E-state index in [9.17, 15) is 9.59 Å². The SMILES string of the molecule is COc1ccccc1-n1c(SCc2cc(=O)n(C)c(=O)n2C)nnc1N1CCCCC1. The van der Waals surface area contributed by atoms with Crippen molar-refractivity contribution < 1.29 is 4.74 Å². The van der Waals surface area contributed by atoms with E-state index in [1.54, 1.807) is 14.2 Å². The summed E-state index contributed by atoms with van der Waals surface area (Å²) in [7, 11) is 4.79. The molecule has 1 aromatic carbocycles. The standard InChI is InChI=1S/C21H26N6O3S/c1-24-15(13-18(28)25(2)21(24)29)14-31-20-23-22-19(26-11-7-4-8-12-26)27(20)16-9-5-6-10-17(16)30-3/h5-6,9-10,13H,4,7-8,11-12,14H2,1-3H3. The van der Waals surface area contributed by atoms with Crippen molar-refractivity contribution in [3.05, 3.63) is 56.9 Å². The van der Waals surface area contributed by atoms with Crippen molar-refractivity contribution >= 4 is 17.7 Å². The molecule has 1 aliphatic heterocycles. The lowest BCUT2D eigenvalue weighted by molar-refractivity contribution is 0.412. The minimum absolute atomic E-state index is 0.320. The second-order valence-electron chi connectivity index (χ2n) is 7.50. The molecule has 0 radical (unpaired) electrons. The van der Waals surface area contributed by atoms with Gasteiger partial charge in [0.1, 0.15) is 5.75 Å². The summed E-state index contributed by atoms with van der Waals surface area (Å²) in [6.07, 6.45) is 3.46. The fraction of sp³-hybridized carbons (Fsp3) is 0.429. The number of piperidine rings is 1. The van der Waals surface area contributed by atoms with Gasteiger partial charge in [0.05, 0.1) is 12.8 Å². The molecule has 0 amide bonds. The molecule has 2 aromatic heterocycles. The molecule has 1 fully saturated rings. The van der Waals surface area contributed by atoms with Crippen LogP contribution in [0.2, 0.25) is 0 Å². The largest absolute Gasteiger partial charge is 0.495 e. The van der Waals surface area contributed by atoms with Gasteiger partial charge >= 0.3 is 5.69 Å². The molecule has 1 saturated heterocycles. The molecule has 4 rings (SSSR count). The van der Waals surface area contributed by atoms with Crippen LogP contribution in [0.25, 0.3) is 5.69 Å². The predicted octanol–water partition coefficient (Wildman–Crippen LogP) is 1.96. The maximum atomic E-state index is 12.3.